The summed E-state index contributed by atoms with van der Waals surface area (Å²) < 4.78 is 0.868. The molecule has 0 spiro atoms. The van der Waals surface area contributed by atoms with Crippen LogP contribution in [0.1, 0.15) is 12.5 Å². The molecule has 20 heavy (non-hydrogen) atoms. The van der Waals surface area contributed by atoms with Crippen LogP contribution in [0.15, 0.2) is 28.7 Å². The minimum Gasteiger partial charge on any atom is -0.370 e. The predicted octanol–water partition coefficient (Wildman–Crippen LogP) is 2.87. The van der Waals surface area contributed by atoms with E-state index in [-0.39, 0.29) is 5.95 Å². The van der Waals surface area contributed by atoms with Crippen LogP contribution in [0.5, 0.6) is 0 Å². The van der Waals surface area contributed by atoms with Gasteiger partial charge in [0, 0.05) is 17.1 Å². The Hall–Kier alpha value is -2.33. The van der Waals surface area contributed by atoms with Crippen molar-refractivity contribution in [3.63, 3.8) is 0 Å². The van der Waals surface area contributed by atoms with Gasteiger partial charge in [0.05, 0.1) is 11.3 Å². The monoisotopic (exact) mass is 332 g/mol. The van der Waals surface area contributed by atoms with Crippen molar-refractivity contribution in [2.45, 2.75) is 6.92 Å². The normalized spacial score (nSPS) is 9.85. The smallest absolute Gasteiger partial charge is 0.223 e. The van der Waals surface area contributed by atoms with Crippen LogP contribution in [-0.4, -0.2) is 16.5 Å². The van der Waals surface area contributed by atoms with E-state index in [1.165, 1.54) is 0 Å². The number of halogens is 1. The zero-order valence-electron chi connectivity index (χ0n) is 10.8. The molecule has 0 fully saturated rings. The molecule has 0 atom stereocenters. The highest BCUT2D eigenvalue weighted by Gasteiger charge is 2.06. The lowest BCUT2D eigenvalue weighted by Crippen LogP contribution is -2.06. The topological polar surface area (TPSA) is 99.6 Å². The van der Waals surface area contributed by atoms with Crippen LogP contribution in [0.25, 0.3) is 0 Å². The molecule has 0 bridgehead atoms. The second-order valence-electron chi connectivity index (χ2n) is 3.95. The molecule has 1 heterocycles. The molecule has 0 saturated heterocycles. The van der Waals surface area contributed by atoms with Gasteiger partial charge in [0.25, 0.3) is 0 Å². The number of nitrogens with one attached hydrogen (secondary N) is 2. The first-order chi connectivity index (χ1) is 9.62. The van der Waals surface area contributed by atoms with Gasteiger partial charge in [-0.05, 0) is 25.1 Å². The molecule has 0 amide bonds. The molecule has 0 aliphatic heterocycles. The Morgan fingerprint density at radius 3 is 2.75 bits per heavy atom. The van der Waals surface area contributed by atoms with Gasteiger partial charge >= 0.3 is 0 Å². The van der Waals surface area contributed by atoms with Crippen molar-refractivity contribution in [3.05, 3.63) is 34.3 Å². The fourth-order valence-electron chi connectivity index (χ4n) is 1.66. The number of hydrogen-bond acceptors (Lipinski definition) is 6. The molecular weight excluding hydrogens is 320 g/mol. The summed E-state index contributed by atoms with van der Waals surface area (Å²) in [4.78, 5) is 8.17. The van der Waals surface area contributed by atoms with Gasteiger partial charge in [-0.15, -0.1) is 0 Å². The standard InChI is InChI=1S/C13H13BrN6/c1-2-17-11-6-12(20-13(16)19-11)18-10-5-9(14)4-3-8(10)7-15/h3-6H,2H2,1H3,(H4,16,17,18,19,20). The third kappa shape index (κ3) is 3.36. The molecule has 0 aliphatic rings. The van der Waals surface area contributed by atoms with Gasteiger partial charge in [-0.2, -0.15) is 15.2 Å². The van der Waals surface area contributed by atoms with Crippen LogP contribution in [0.2, 0.25) is 0 Å². The summed E-state index contributed by atoms with van der Waals surface area (Å²) in [6.07, 6.45) is 0. The van der Waals surface area contributed by atoms with Gasteiger partial charge in [0.15, 0.2) is 0 Å². The number of nitrogens with zero attached hydrogens (tertiary/aromatic N) is 3. The van der Waals surface area contributed by atoms with Gasteiger partial charge in [0.2, 0.25) is 5.95 Å². The molecule has 0 aliphatic carbocycles. The molecule has 6 nitrogen and oxygen atoms in total. The minimum atomic E-state index is 0.166. The van der Waals surface area contributed by atoms with Crippen LogP contribution in [0, 0.1) is 11.3 Å². The van der Waals surface area contributed by atoms with E-state index in [9.17, 15) is 0 Å². The Bertz CT molecular complexity index is 664. The number of nitriles is 1. The van der Waals surface area contributed by atoms with E-state index in [4.69, 9.17) is 11.0 Å². The van der Waals surface area contributed by atoms with Gasteiger partial charge in [0.1, 0.15) is 17.7 Å². The van der Waals surface area contributed by atoms with Crippen LogP contribution in [0.3, 0.4) is 0 Å². The fraction of sp³-hybridized carbons (Fsp3) is 0.154. The average molecular weight is 333 g/mol. The number of hydrogen-bond donors (Lipinski definition) is 3. The lowest BCUT2D eigenvalue weighted by molar-refractivity contribution is 1.12. The molecule has 7 heteroatoms. The lowest BCUT2D eigenvalue weighted by Gasteiger charge is -2.10. The zero-order chi connectivity index (χ0) is 14.5. The maximum Gasteiger partial charge on any atom is 0.223 e. The Balaban J connectivity index is 2.35. The molecule has 2 rings (SSSR count). The molecule has 4 N–H and O–H groups in total. The SMILES string of the molecule is CCNc1cc(Nc2cc(Br)ccc2C#N)nc(N)n1. The van der Waals surface area contributed by atoms with Crippen molar-refractivity contribution in [2.24, 2.45) is 0 Å². The molecule has 0 saturated carbocycles. The molecule has 2 aromatic rings. The summed E-state index contributed by atoms with van der Waals surface area (Å²) in [6.45, 7) is 2.70. The van der Waals surface area contributed by atoms with E-state index in [1.54, 1.807) is 12.1 Å². The largest absolute Gasteiger partial charge is 0.370 e. The quantitative estimate of drug-likeness (QED) is 0.796. The fourth-order valence-corrected chi connectivity index (χ4v) is 2.02. The number of nitrogens with two attached hydrogens (primary N) is 1. The van der Waals surface area contributed by atoms with E-state index in [2.05, 4.69) is 42.6 Å². The predicted molar refractivity (Wildman–Crippen MR) is 82.7 cm³/mol. The van der Waals surface area contributed by atoms with Crippen LogP contribution >= 0.6 is 15.9 Å². The summed E-state index contributed by atoms with van der Waals surface area (Å²) >= 11 is 3.37. The van der Waals surface area contributed by atoms with E-state index < -0.39 is 0 Å². The number of anilines is 4. The molecule has 0 unspecified atom stereocenters. The summed E-state index contributed by atoms with van der Waals surface area (Å²) in [5.74, 6) is 1.33. The van der Waals surface area contributed by atoms with Crippen molar-refractivity contribution < 1.29 is 0 Å². The maximum absolute atomic E-state index is 9.11. The Kier molecular flexibility index (Phi) is 4.38. The van der Waals surface area contributed by atoms with Crippen molar-refractivity contribution in [1.82, 2.24) is 9.97 Å². The number of nitrogen functional groups attached to an aromatic ring is 1. The number of benzene rings is 1. The first-order valence-corrected chi connectivity index (χ1v) is 6.76. The lowest BCUT2D eigenvalue weighted by atomic mass is 10.2. The highest BCUT2D eigenvalue weighted by Crippen LogP contribution is 2.24. The van der Waals surface area contributed by atoms with Gasteiger partial charge in [-0.1, -0.05) is 15.9 Å². The molecule has 1 aromatic heterocycles. The second kappa shape index (κ2) is 6.21. The molecule has 102 valence electrons. The van der Waals surface area contributed by atoms with Crippen molar-refractivity contribution >= 4 is 39.2 Å². The highest BCUT2D eigenvalue weighted by molar-refractivity contribution is 9.10. The molecule has 0 radical (unpaired) electrons. The zero-order valence-corrected chi connectivity index (χ0v) is 12.4. The van der Waals surface area contributed by atoms with Crippen LogP contribution in [-0.2, 0) is 0 Å². The Labute approximate surface area is 125 Å². The third-order valence-electron chi connectivity index (χ3n) is 2.47. The van der Waals surface area contributed by atoms with E-state index in [1.807, 2.05) is 19.1 Å². The Morgan fingerprint density at radius 1 is 1.30 bits per heavy atom. The van der Waals surface area contributed by atoms with Gasteiger partial charge < -0.3 is 16.4 Å². The van der Waals surface area contributed by atoms with Crippen LogP contribution < -0.4 is 16.4 Å². The third-order valence-corrected chi connectivity index (χ3v) is 2.96. The number of aromatic nitrogens is 2. The average Bonchev–Trinajstić information content (AvgIpc) is 2.38. The van der Waals surface area contributed by atoms with Gasteiger partial charge in [-0.3, -0.25) is 0 Å². The first-order valence-electron chi connectivity index (χ1n) is 5.97. The Morgan fingerprint density at radius 2 is 2.05 bits per heavy atom. The maximum atomic E-state index is 9.11. The van der Waals surface area contributed by atoms with Crippen molar-refractivity contribution in [2.75, 3.05) is 22.9 Å². The molecule has 1 aromatic carbocycles. The summed E-state index contributed by atoms with van der Waals surface area (Å²) in [5.41, 5.74) is 6.85. The van der Waals surface area contributed by atoms with Gasteiger partial charge in [-0.25, -0.2) is 0 Å². The first kappa shape index (κ1) is 14.1. The van der Waals surface area contributed by atoms with Crippen molar-refractivity contribution in [1.29, 1.82) is 5.26 Å². The molecular formula is C13H13BrN6. The minimum absolute atomic E-state index is 0.166. The van der Waals surface area contributed by atoms with Crippen LogP contribution in [0.4, 0.5) is 23.3 Å². The summed E-state index contributed by atoms with van der Waals surface area (Å²) in [6, 6.07) is 9.20. The van der Waals surface area contributed by atoms with E-state index in [0.717, 1.165) is 11.0 Å². The highest BCUT2D eigenvalue weighted by atomic mass is 79.9. The van der Waals surface area contributed by atoms with E-state index >= 15 is 0 Å². The second-order valence-corrected chi connectivity index (χ2v) is 4.87. The van der Waals surface area contributed by atoms with Crippen molar-refractivity contribution in [3.8, 4) is 6.07 Å². The summed E-state index contributed by atoms with van der Waals surface area (Å²) in [7, 11) is 0. The summed E-state index contributed by atoms with van der Waals surface area (Å²) in [5, 5.41) is 15.3. The number of rotatable bonds is 4. The van der Waals surface area contributed by atoms with E-state index in [0.29, 0.717) is 22.9 Å².